The molecule has 0 saturated carbocycles. The Kier molecular flexibility index (Phi) is 3.35. The van der Waals surface area contributed by atoms with E-state index in [4.69, 9.17) is 9.47 Å². The third-order valence-electron chi connectivity index (χ3n) is 2.44. The summed E-state index contributed by atoms with van der Waals surface area (Å²) in [6, 6.07) is 0. The fourth-order valence-electron chi connectivity index (χ4n) is 1.74. The minimum atomic E-state index is 0.111. The first kappa shape index (κ1) is 10.6. The largest absolute Gasteiger partial charge is 0.368 e. The Hall–Kier alpha value is -0.910. The molecule has 0 aliphatic carbocycles. The molecule has 5 heteroatoms. The third kappa shape index (κ3) is 2.56. The van der Waals surface area contributed by atoms with Crippen molar-refractivity contribution in [3.63, 3.8) is 0 Å². The number of hydrogen-bond acceptors (Lipinski definition) is 4. The number of ether oxygens (including phenoxy) is 2. The van der Waals surface area contributed by atoms with Crippen LogP contribution in [0, 0.1) is 0 Å². The lowest BCUT2D eigenvalue weighted by molar-refractivity contribution is -0.0288. The van der Waals surface area contributed by atoms with Gasteiger partial charge in [0, 0.05) is 32.0 Å². The highest BCUT2D eigenvalue weighted by atomic mass is 16.5. The van der Waals surface area contributed by atoms with E-state index in [0.29, 0.717) is 6.73 Å². The third-order valence-corrected chi connectivity index (χ3v) is 2.44. The van der Waals surface area contributed by atoms with Gasteiger partial charge in [0.15, 0.2) is 0 Å². The first-order chi connectivity index (χ1) is 7.29. The molecule has 15 heavy (non-hydrogen) atoms. The van der Waals surface area contributed by atoms with Crippen LogP contribution >= 0.6 is 0 Å². The van der Waals surface area contributed by atoms with Gasteiger partial charge in [-0.05, 0) is 6.92 Å². The number of methoxy groups -OCH3 is 1. The molecule has 1 fully saturated rings. The lowest BCUT2D eigenvalue weighted by Crippen LogP contribution is -2.38. The molecule has 1 aromatic rings. The molecule has 1 saturated heterocycles. The standard InChI is InChI=1S/C10H17N3O2/c1-8-3-11-5-10(15-8)9-4-12-13(6-9)7-14-2/h4,6,8,10-11H,3,5,7H2,1-2H3. The Morgan fingerprint density at radius 2 is 2.53 bits per heavy atom. The number of morpholine rings is 1. The molecule has 0 amide bonds. The van der Waals surface area contributed by atoms with Crippen LogP contribution in [0.25, 0.3) is 0 Å². The number of aromatic nitrogens is 2. The molecule has 0 aromatic carbocycles. The molecule has 2 unspecified atom stereocenters. The fourth-order valence-corrected chi connectivity index (χ4v) is 1.74. The minimum Gasteiger partial charge on any atom is -0.368 e. The molecule has 0 bridgehead atoms. The number of hydrogen-bond donors (Lipinski definition) is 1. The van der Waals surface area contributed by atoms with Crippen LogP contribution in [0.5, 0.6) is 0 Å². The first-order valence-corrected chi connectivity index (χ1v) is 5.17. The lowest BCUT2D eigenvalue weighted by Gasteiger charge is -2.27. The summed E-state index contributed by atoms with van der Waals surface area (Å²) in [5.41, 5.74) is 1.10. The lowest BCUT2D eigenvalue weighted by atomic mass is 10.1. The van der Waals surface area contributed by atoms with Gasteiger partial charge in [0.25, 0.3) is 0 Å². The maximum Gasteiger partial charge on any atom is 0.138 e. The SMILES string of the molecule is COCn1cc(C2CNCC(C)O2)cn1. The van der Waals surface area contributed by atoms with Crippen LogP contribution in [0.1, 0.15) is 18.6 Å². The summed E-state index contributed by atoms with van der Waals surface area (Å²) < 4.78 is 12.6. The quantitative estimate of drug-likeness (QED) is 0.792. The highest BCUT2D eigenvalue weighted by Gasteiger charge is 2.21. The van der Waals surface area contributed by atoms with Gasteiger partial charge in [-0.2, -0.15) is 5.10 Å². The molecule has 1 aliphatic heterocycles. The van der Waals surface area contributed by atoms with E-state index in [2.05, 4.69) is 17.3 Å². The van der Waals surface area contributed by atoms with E-state index < -0.39 is 0 Å². The molecular weight excluding hydrogens is 194 g/mol. The molecule has 1 N–H and O–H groups in total. The van der Waals surface area contributed by atoms with E-state index in [9.17, 15) is 0 Å². The molecule has 84 valence electrons. The summed E-state index contributed by atoms with van der Waals surface area (Å²) in [5, 5.41) is 7.52. The second-order valence-electron chi connectivity index (χ2n) is 3.82. The topological polar surface area (TPSA) is 48.3 Å². The molecule has 1 aliphatic rings. The van der Waals surface area contributed by atoms with Crippen molar-refractivity contribution in [2.75, 3.05) is 20.2 Å². The van der Waals surface area contributed by atoms with Crippen molar-refractivity contribution in [2.24, 2.45) is 0 Å². The van der Waals surface area contributed by atoms with E-state index in [1.807, 2.05) is 12.4 Å². The maximum absolute atomic E-state index is 5.81. The van der Waals surface area contributed by atoms with Gasteiger partial charge in [-0.15, -0.1) is 0 Å². The van der Waals surface area contributed by atoms with E-state index in [-0.39, 0.29) is 12.2 Å². The van der Waals surface area contributed by atoms with E-state index in [0.717, 1.165) is 18.7 Å². The van der Waals surface area contributed by atoms with Gasteiger partial charge in [-0.3, -0.25) is 0 Å². The fraction of sp³-hybridized carbons (Fsp3) is 0.700. The van der Waals surface area contributed by atoms with Gasteiger partial charge in [0.1, 0.15) is 6.73 Å². The molecule has 0 spiro atoms. The van der Waals surface area contributed by atoms with Crippen LogP contribution in [0.3, 0.4) is 0 Å². The Morgan fingerprint density at radius 3 is 3.27 bits per heavy atom. The second-order valence-corrected chi connectivity index (χ2v) is 3.82. The molecule has 2 rings (SSSR count). The average Bonchev–Trinajstić information content (AvgIpc) is 2.67. The van der Waals surface area contributed by atoms with Crippen molar-refractivity contribution in [1.82, 2.24) is 15.1 Å². The zero-order chi connectivity index (χ0) is 10.7. The predicted octanol–water partition coefficient (Wildman–Crippen LogP) is 0.536. The number of nitrogens with zero attached hydrogens (tertiary/aromatic N) is 2. The van der Waals surface area contributed by atoms with Crippen LogP contribution in [-0.4, -0.2) is 36.1 Å². The van der Waals surface area contributed by atoms with Crippen molar-refractivity contribution in [3.05, 3.63) is 18.0 Å². The maximum atomic E-state index is 5.81. The van der Waals surface area contributed by atoms with Crippen molar-refractivity contribution in [3.8, 4) is 0 Å². The normalized spacial score (nSPS) is 26.8. The Bertz CT molecular complexity index is 313. The summed E-state index contributed by atoms with van der Waals surface area (Å²) in [6.45, 7) is 4.32. The van der Waals surface area contributed by atoms with Crippen LogP contribution in [-0.2, 0) is 16.2 Å². The van der Waals surface area contributed by atoms with Crippen molar-refractivity contribution in [2.45, 2.75) is 25.9 Å². The average molecular weight is 211 g/mol. The van der Waals surface area contributed by atoms with Crippen molar-refractivity contribution < 1.29 is 9.47 Å². The smallest absolute Gasteiger partial charge is 0.138 e. The molecule has 2 atom stereocenters. The monoisotopic (exact) mass is 211 g/mol. The number of nitrogens with one attached hydrogen (secondary N) is 1. The highest BCUT2D eigenvalue weighted by Crippen LogP contribution is 2.20. The molecule has 5 nitrogen and oxygen atoms in total. The van der Waals surface area contributed by atoms with Crippen molar-refractivity contribution in [1.29, 1.82) is 0 Å². The van der Waals surface area contributed by atoms with Gasteiger partial charge in [-0.25, -0.2) is 4.68 Å². The Labute approximate surface area is 89.4 Å². The van der Waals surface area contributed by atoms with Gasteiger partial charge in [-0.1, -0.05) is 0 Å². The first-order valence-electron chi connectivity index (χ1n) is 5.17. The van der Waals surface area contributed by atoms with Crippen molar-refractivity contribution >= 4 is 0 Å². The summed E-state index contributed by atoms with van der Waals surface area (Å²) in [6.07, 6.45) is 4.17. The van der Waals surface area contributed by atoms with Gasteiger partial charge in [0.05, 0.1) is 18.4 Å². The number of rotatable bonds is 3. The van der Waals surface area contributed by atoms with E-state index in [1.165, 1.54) is 0 Å². The predicted molar refractivity (Wildman–Crippen MR) is 55.4 cm³/mol. The second kappa shape index (κ2) is 4.74. The zero-order valence-corrected chi connectivity index (χ0v) is 9.14. The molecule has 1 aromatic heterocycles. The Balaban J connectivity index is 2.01. The van der Waals surface area contributed by atoms with E-state index in [1.54, 1.807) is 11.8 Å². The van der Waals surface area contributed by atoms with E-state index >= 15 is 0 Å². The minimum absolute atomic E-state index is 0.111. The summed E-state index contributed by atoms with van der Waals surface area (Å²) in [7, 11) is 1.65. The van der Waals surface area contributed by atoms with Gasteiger partial charge >= 0.3 is 0 Å². The van der Waals surface area contributed by atoms with Crippen LogP contribution in [0.15, 0.2) is 12.4 Å². The summed E-state index contributed by atoms with van der Waals surface area (Å²) in [5.74, 6) is 0. The highest BCUT2D eigenvalue weighted by molar-refractivity contribution is 5.09. The summed E-state index contributed by atoms with van der Waals surface area (Å²) in [4.78, 5) is 0. The molecular formula is C10H17N3O2. The van der Waals surface area contributed by atoms with Gasteiger partial charge < -0.3 is 14.8 Å². The Morgan fingerprint density at radius 1 is 1.67 bits per heavy atom. The van der Waals surface area contributed by atoms with Crippen LogP contribution < -0.4 is 5.32 Å². The van der Waals surface area contributed by atoms with Crippen LogP contribution in [0.2, 0.25) is 0 Å². The zero-order valence-electron chi connectivity index (χ0n) is 9.14. The summed E-state index contributed by atoms with van der Waals surface area (Å²) >= 11 is 0. The molecule has 2 heterocycles. The van der Waals surface area contributed by atoms with Crippen LogP contribution in [0.4, 0.5) is 0 Å². The molecule has 0 radical (unpaired) electrons. The van der Waals surface area contributed by atoms with Gasteiger partial charge in [0.2, 0.25) is 0 Å².